The fraction of sp³-hybridized carbons (Fsp3) is 0.375. The molecule has 208 valence electrons. The summed E-state index contributed by atoms with van der Waals surface area (Å²) in [6.45, 7) is 5.31. The van der Waals surface area contributed by atoms with Crippen LogP contribution in [0.1, 0.15) is 12.5 Å². The summed E-state index contributed by atoms with van der Waals surface area (Å²) >= 11 is 0. The molecule has 1 saturated heterocycles. The molecular weight excluding hydrogens is 525 g/mol. The molecule has 3 aromatic rings. The number of hydrogen-bond acceptors (Lipinski definition) is 8. The van der Waals surface area contributed by atoms with E-state index < -0.39 is 18.1 Å². The van der Waals surface area contributed by atoms with E-state index in [0.717, 1.165) is 26.2 Å². The first-order valence-corrected chi connectivity index (χ1v) is 11.5. The number of alkyl halides is 3. The number of piperazine rings is 1. The minimum atomic E-state index is -5.08. The third kappa shape index (κ3) is 7.26. The molecule has 1 aromatic carbocycles. The molecule has 0 aliphatic carbocycles. The quantitative estimate of drug-likeness (QED) is 0.386. The van der Waals surface area contributed by atoms with Crippen molar-refractivity contribution in [2.75, 3.05) is 31.1 Å². The highest BCUT2D eigenvalue weighted by Crippen LogP contribution is 2.24. The summed E-state index contributed by atoms with van der Waals surface area (Å²) in [5.74, 6) is 3.35. The summed E-state index contributed by atoms with van der Waals surface area (Å²) in [5, 5.41) is 19.3. The number of rotatable bonds is 6. The summed E-state index contributed by atoms with van der Waals surface area (Å²) in [5.41, 5.74) is 1.06. The third-order valence-corrected chi connectivity index (χ3v) is 5.47. The van der Waals surface area contributed by atoms with E-state index in [0.29, 0.717) is 35.0 Å². The van der Waals surface area contributed by atoms with Crippen molar-refractivity contribution < 1.29 is 37.7 Å². The topological polar surface area (TPSA) is 152 Å². The molecule has 0 amide bonds. The van der Waals surface area contributed by atoms with Crippen LogP contribution in [0, 0.1) is 11.8 Å². The molecule has 0 radical (unpaired) electrons. The predicted octanol–water partition coefficient (Wildman–Crippen LogP) is 1.62. The molecule has 1 aliphatic rings. The Morgan fingerprint density at radius 2 is 1.74 bits per heavy atom. The molecule has 1 aliphatic heterocycles. The van der Waals surface area contributed by atoms with Gasteiger partial charge in [0.25, 0.3) is 5.56 Å². The summed E-state index contributed by atoms with van der Waals surface area (Å²) < 4.78 is 40.7. The van der Waals surface area contributed by atoms with Crippen LogP contribution in [-0.4, -0.2) is 73.6 Å². The number of benzene rings is 1. The number of aromatic nitrogens is 4. The summed E-state index contributed by atoms with van der Waals surface area (Å²) in [6, 6.07) is 6.74. The van der Waals surface area contributed by atoms with Gasteiger partial charge in [-0.3, -0.25) is 18.7 Å². The SMILES string of the molecule is CC#CCn1c(N2CCNCC2)nc2nc(Oc3ccc(CC(=O)O)cc3)n(C)c(=O)c21.O=C(O)C(F)(F)F. The maximum Gasteiger partial charge on any atom is 0.490 e. The maximum atomic E-state index is 13.2. The molecule has 0 spiro atoms. The van der Waals surface area contributed by atoms with Gasteiger partial charge in [0.2, 0.25) is 5.95 Å². The lowest BCUT2D eigenvalue weighted by atomic mass is 10.1. The van der Waals surface area contributed by atoms with Gasteiger partial charge in [-0.15, -0.1) is 5.92 Å². The van der Waals surface area contributed by atoms with Gasteiger partial charge >= 0.3 is 24.1 Å². The van der Waals surface area contributed by atoms with Crippen molar-refractivity contribution in [1.82, 2.24) is 24.4 Å². The smallest absolute Gasteiger partial charge is 0.481 e. The zero-order chi connectivity index (χ0) is 28.7. The number of carbonyl (C=O) groups is 2. The van der Waals surface area contributed by atoms with Crippen molar-refractivity contribution in [3.63, 3.8) is 0 Å². The van der Waals surface area contributed by atoms with Crippen LogP contribution in [0.15, 0.2) is 29.1 Å². The molecule has 3 N–H and O–H groups in total. The first-order valence-electron chi connectivity index (χ1n) is 11.5. The fourth-order valence-electron chi connectivity index (χ4n) is 3.59. The Labute approximate surface area is 219 Å². The largest absolute Gasteiger partial charge is 0.490 e. The van der Waals surface area contributed by atoms with Crippen LogP contribution in [0.4, 0.5) is 19.1 Å². The van der Waals surface area contributed by atoms with E-state index in [1.165, 1.54) is 4.57 Å². The number of nitrogens with zero attached hydrogens (tertiary/aromatic N) is 5. The van der Waals surface area contributed by atoms with Crippen molar-refractivity contribution in [3.8, 4) is 23.6 Å². The van der Waals surface area contributed by atoms with E-state index in [1.807, 2.05) is 4.57 Å². The number of halogens is 3. The molecule has 3 heterocycles. The highest BCUT2D eigenvalue weighted by Gasteiger charge is 2.38. The Morgan fingerprint density at radius 3 is 2.28 bits per heavy atom. The second kappa shape index (κ2) is 12.3. The zero-order valence-corrected chi connectivity index (χ0v) is 20.9. The second-order valence-electron chi connectivity index (χ2n) is 8.21. The zero-order valence-electron chi connectivity index (χ0n) is 20.9. The van der Waals surface area contributed by atoms with Crippen LogP contribution < -0.4 is 20.5 Å². The van der Waals surface area contributed by atoms with Gasteiger partial charge in [-0.2, -0.15) is 23.1 Å². The first-order chi connectivity index (χ1) is 18.4. The number of ether oxygens (including phenoxy) is 1. The van der Waals surface area contributed by atoms with E-state index in [-0.39, 0.29) is 18.0 Å². The average Bonchev–Trinajstić information content (AvgIpc) is 3.25. The van der Waals surface area contributed by atoms with Gasteiger partial charge in [-0.1, -0.05) is 18.1 Å². The predicted molar refractivity (Wildman–Crippen MR) is 133 cm³/mol. The highest BCUT2D eigenvalue weighted by atomic mass is 19.4. The lowest BCUT2D eigenvalue weighted by Crippen LogP contribution is -2.44. The van der Waals surface area contributed by atoms with Gasteiger partial charge in [0, 0.05) is 33.2 Å². The molecule has 0 unspecified atom stereocenters. The normalized spacial score (nSPS) is 13.2. The van der Waals surface area contributed by atoms with Crippen LogP contribution in [0.2, 0.25) is 0 Å². The molecule has 1 fully saturated rings. The fourth-order valence-corrected chi connectivity index (χ4v) is 3.59. The number of imidazole rings is 1. The molecular formula is C24H25F3N6O6. The van der Waals surface area contributed by atoms with Crippen LogP contribution in [0.25, 0.3) is 11.2 Å². The van der Waals surface area contributed by atoms with Crippen LogP contribution in [0.5, 0.6) is 11.8 Å². The Morgan fingerprint density at radius 1 is 1.13 bits per heavy atom. The standard InChI is InChI=1S/C22H24N6O4.C2HF3O2/c1-3-4-11-28-18-19(24-21(28)27-12-9-23-10-13-27)25-22(26(2)20(18)31)32-16-7-5-15(6-8-16)14-17(29)30;3-2(4,5)1(6)7/h5-8,23H,9-14H2,1-2H3,(H,29,30);(H,6,7). The van der Waals surface area contributed by atoms with E-state index in [2.05, 4.69) is 32.0 Å². The van der Waals surface area contributed by atoms with E-state index in [9.17, 15) is 22.8 Å². The molecule has 0 atom stereocenters. The molecule has 12 nitrogen and oxygen atoms in total. The number of carboxylic acids is 2. The highest BCUT2D eigenvalue weighted by molar-refractivity contribution is 5.75. The Balaban J connectivity index is 0.000000532. The molecule has 39 heavy (non-hydrogen) atoms. The lowest BCUT2D eigenvalue weighted by molar-refractivity contribution is -0.192. The van der Waals surface area contributed by atoms with Crippen molar-refractivity contribution in [3.05, 3.63) is 40.2 Å². The number of hydrogen-bond donors (Lipinski definition) is 3. The van der Waals surface area contributed by atoms with E-state index in [4.69, 9.17) is 19.7 Å². The van der Waals surface area contributed by atoms with Crippen LogP contribution >= 0.6 is 0 Å². The third-order valence-electron chi connectivity index (χ3n) is 5.47. The van der Waals surface area contributed by atoms with Gasteiger partial charge < -0.3 is 25.2 Å². The minimum Gasteiger partial charge on any atom is -0.481 e. The number of carboxylic acid groups (broad SMARTS) is 2. The van der Waals surface area contributed by atoms with Crippen molar-refractivity contribution in [1.29, 1.82) is 0 Å². The number of fused-ring (bicyclic) bond motifs is 1. The second-order valence-corrected chi connectivity index (χ2v) is 8.21. The van der Waals surface area contributed by atoms with Gasteiger partial charge in [-0.05, 0) is 24.6 Å². The number of anilines is 1. The Kier molecular flexibility index (Phi) is 9.15. The number of nitrogens with one attached hydrogen (secondary N) is 1. The Hall–Kier alpha value is -4.58. The van der Waals surface area contributed by atoms with Gasteiger partial charge in [0.1, 0.15) is 5.75 Å². The summed E-state index contributed by atoms with van der Waals surface area (Å²) in [4.78, 5) is 44.3. The summed E-state index contributed by atoms with van der Waals surface area (Å²) in [7, 11) is 1.59. The van der Waals surface area contributed by atoms with E-state index >= 15 is 0 Å². The average molecular weight is 550 g/mol. The van der Waals surface area contributed by atoms with Crippen LogP contribution in [-0.2, 0) is 29.6 Å². The van der Waals surface area contributed by atoms with Crippen molar-refractivity contribution >= 4 is 29.1 Å². The molecule has 2 aromatic heterocycles. The number of aliphatic carboxylic acids is 2. The monoisotopic (exact) mass is 550 g/mol. The van der Waals surface area contributed by atoms with Gasteiger partial charge in [0.15, 0.2) is 11.2 Å². The van der Waals surface area contributed by atoms with Gasteiger partial charge in [0.05, 0.1) is 13.0 Å². The van der Waals surface area contributed by atoms with Crippen LogP contribution in [0.3, 0.4) is 0 Å². The van der Waals surface area contributed by atoms with Crippen molar-refractivity contribution in [2.45, 2.75) is 26.1 Å². The summed E-state index contributed by atoms with van der Waals surface area (Å²) in [6.07, 6.45) is -5.16. The van der Waals surface area contributed by atoms with E-state index in [1.54, 1.807) is 38.2 Å². The van der Waals surface area contributed by atoms with Crippen molar-refractivity contribution in [2.24, 2.45) is 7.05 Å². The molecule has 0 saturated carbocycles. The molecule has 4 rings (SSSR count). The maximum absolute atomic E-state index is 13.2. The minimum absolute atomic E-state index is 0.0736. The lowest BCUT2D eigenvalue weighted by Gasteiger charge is -2.28. The Bertz CT molecular complexity index is 1460. The molecule has 0 bridgehead atoms. The van der Waals surface area contributed by atoms with Gasteiger partial charge in [-0.25, -0.2) is 4.79 Å². The first kappa shape index (κ1) is 29.0. The molecule has 15 heteroatoms.